The van der Waals surface area contributed by atoms with Crippen LogP contribution in [0.15, 0.2) is 24.3 Å². The van der Waals surface area contributed by atoms with Gasteiger partial charge in [-0.05, 0) is 24.3 Å². The molecule has 1 aromatic rings. The number of hydrogen-bond donors (Lipinski definition) is 2. The van der Waals surface area contributed by atoms with Gasteiger partial charge in [0.15, 0.2) is 0 Å². The lowest BCUT2D eigenvalue weighted by Gasteiger charge is -2.29. The van der Waals surface area contributed by atoms with Crippen LogP contribution in [0, 0.1) is 12.3 Å². The quantitative estimate of drug-likeness (QED) is 0.793. The molecule has 0 saturated carbocycles. The summed E-state index contributed by atoms with van der Waals surface area (Å²) in [5.41, 5.74) is 2.14. The Labute approximate surface area is 91.6 Å². The smallest absolute Gasteiger partial charge is 0.0824 e. The lowest BCUT2D eigenvalue weighted by molar-refractivity contribution is 0.00380. The number of rotatable bonds is 4. The number of benzene rings is 1. The average molecular weight is 208 g/mol. The molecule has 0 aliphatic rings. The minimum absolute atomic E-state index is 0.182. The molecule has 0 bridgehead atoms. The van der Waals surface area contributed by atoms with Gasteiger partial charge in [0.05, 0.1) is 12.7 Å². The highest BCUT2D eigenvalue weighted by molar-refractivity contribution is 5.22. The molecule has 0 aliphatic carbocycles. The molecule has 0 aromatic heterocycles. The summed E-state index contributed by atoms with van der Waals surface area (Å²) in [6, 6.07) is 8.27. The molecule has 0 aliphatic heterocycles. The van der Waals surface area contributed by atoms with Crippen LogP contribution in [0.25, 0.3) is 0 Å². The van der Waals surface area contributed by atoms with E-state index in [4.69, 9.17) is 5.11 Å². The van der Waals surface area contributed by atoms with Crippen LogP contribution in [0.2, 0.25) is 0 Å². The van der Waals surface area contributed by atoms with Crippen LogP contribution in [0.5, 0.6) is 0 Å². The van der Waals surface area contributed by atoms with E-state index in [1.54, 1.807) is 0 Å². The standard InChI is InChI=1S/C13H20O2/c1-10-4-6-11(7-5-10)8-13(2,3)12(15)9-14/h4-7,12,14-15H,8-9H2,1-3H3/t12-/m0/s1. The van der Waals surface area contributed by atoms with Gasteiger partial charge >= 0.3 is 0 Å². The zero-order valence-electron chi connectivity index (χ0n) is 9.70. The summed E-state index contributed by atoms with van der Waals surface area (Å²) in [4.78, 5) is 0. The van der Waals surface area contributed by atoms with Crippen molar-refractivity contribution in [2.45, 2.75) is 33.3 Å². The Morgan fingerprint density at radius 1 is 1.20 bits per heavy atom. The van der Waals surface area contributed by atoms with Gasteiger partial charge in [-0.1, -0.05) is 43.7 Å². The van der Waals surface area contributed by atoms with E-state index in [-0.39, 0.29) is 12.0 Å². The molecule has 0 radical (unpaired) electrons. The van der Waals surface area contributed by atoms with E-state index in [1.807, 2.05) is 13.8 Å². The van der Waals surface area contributed by atoms with Crippen molar-refractivity contribution in [3.05, 3.63) is 35.4 Å². The van der Waals surface area contributed by atoms with Crippen molar-refractivity contribution in [3.63, 3.8) is 0 Å². The monoisotopic (exact) mass is 208 g/mol. The van der Waals surface area contributed by atoms with Crippen LogP contribution in [0.3, 0.4) is 0 Å². The minimum atomic E-state index is -0.668. The predicted molar refractivity (Wildman–Crippen MR) is 61.8 cm³/mol. The molecule has 0 fully saturated rings. The SMILES string of the molecule is Cc1ccc(CC(C)(C)[C@@H](O)CO)cc1. The van der Waals surface area contributed by atoms with E-state index in [2.05, 4.69) is 31.2 Å². The summed E-state index contributed by atoms with van der Waals surface area (Å²) in [7, 11) is 0. The fourth-order valence-corrected chi connectivity index (χ4v) is 1.60. The lowest BCUT2D eigenvalue weighted by atomic mass is 9.80. The molecular weight excluding hydrogens is 188 g/mol. The van der Waals surface area contributed by atoms with Crippen molar-refractivity contribution in [3.8, 4) is 0 Å². The minimum Gasteiger partial charge on any atom is -0.394 e. The highest BCUT2D eigenvalue weighted by Gasteiger charge is 2.27. The second-order valence-corrected chi connectivity index (χ2v) is 4.85. The molecule has 84 valence electrons. The largest absolute Gasteiger partial charge is 0.394 e. The van der Waals surface area contributed by atoms with Gasteiger partial charge in [-0.3, -0.25) is 0 Å². The third kappa shape index (κ3) is 3.33. The molecule has 1 rings (SSSR count). The molecule has 1 atom stereocenters. The van der Waals surface area contributed by atoms with Crippen LogP contribution in [0.4, 0.5) is 0 Å². The van der Waals surface area contributed by atoms with Crippen molar-refractivity contribution < 1.29 is 10.2 Å². The van der Waals surface area contributed by atoms with Gasteiger partial charge in [0.2, 0.25) is 0 Å². The summed E-state index contributed by atoms with van der Waals surface area (Å²) < 4.78 is 0. The van der Waals surface area contributed by atoms with Crippen molar-refractivity contribution in [1.82, 2.24) is 0 Å². The number of hydrogen-bond acceptors (Lipinski definition) is 2. The van der Waals surface area contributed by atoms with Gasteiger partial charge < -0.3 is 10.2 Å². The highest BCUT2D eigenvalue weighted by Crippen LogP contribution is 2.26. The third-order valence-corrected chi connectivity index (χ3v) is 2.86. The van der Waals surface area contributed by atoms with E-state index in [0.717, 1.165) is 6.42 Å². The Morgan fingerprint density at radius 2 is 1.73 bits per heavy atom. The fourth-order valence-electron chi connectivity index (χ4n) is 1.60. The van der Waals surface area contributed by atoms with Crippen LogP contribution >= 0.6 is 0 Å². The van der Waals surface area contributed by atoms with Crippen molar-refractivity contribution >= 4 is 0 Å². The Hall–Kier alpha value is -0.860. The number of aliphatic hydroxyl groups is 2. The summed E-state index contributed by atoms with van der Waals surface area (Å²) in [5.74, 6) is 0. The number of aryl methyl sites for hydroxylation is 1. The van der Waals surface area contributed by atoms with E-state index in [1.165, 1.54) is 11.1 Å². The first-order chi connectivity index (χ1) is 6.95. The van der Waals surface area contributed by atoms with Crippen molar-refractivity contribution in [1.29, 1.82) is 0 Å². The molecule has 0 saturated heterocycles. The summed E-state index contributed by atoms with van der Waals surface area (Å²) in [6.07, 6.45) is 0.105. The molecule has 15 heavy (non-hydrogen) atoms. The van der Waals surface area contributed by atoms with Crippen molar-refractivity contribution in [2.75, 3.05) is 6.61 Å². The van der Waals surface area contributed by atoms with E-state index in [0.29, 0.717) is 0 Å². The van der Waals surface area contributed by atoms with Gasteiger partial charge in [-0.25, -0.2) is 0 Å². The topological polar surface area (TPSA) is 40.5 Å². The molecule has 2 heteroatoms. The first kappa shape index (κ1) is 12.2. The molecule has 0 amide bonds. The summed E-state index contributed by atoms with van der Waals surface area (Å²) >= 11 is 0. The van der Waals surface area contributed by atoms with Gasteiger partial charge in [-0.2, -0.15) is 0 Å². The van der Waals surface area contributed by atoms with Gasteiger partial charge in [0.25, 0.3) is 0 Å². The fraction of sp³-hybridized carbons (Fsp3) is 0.538. The zero-order chi connectivity index (χ0) is 11.5. The summed E-state index contributed by atoms with van der Waals surface area (Å²) in [5, 5.41) is 18.6. The first-order valence-corrected chi connectivity index (χ1v) is 5.30. The summed E-state index contributed by atoms with van der Waals surface area (Å²) in [6.45, 7) is 5.80. The second-order valence-electron chi connectivity index (χ2n) is 4.85. The number of aliphatic hydroxyl groups excluding tert-OH is 2. The predicted octanol–water partition coefficient (Wildman–Crippen LogP) is 1.92. The van der Waals surface area contributed by atoms with Gasteiger partial charge in [0.1, 0.15) is 0 Å². The average Bonchev–Trinajstić information content (AvgIpc) is 2.20. The third-order valence-electron chi connectivity index (χ3n) is 2.86. The Morgan fingerprint density at radius 3 is 2.20 bits per heavy atom. The van der Waals surface area contributed by atoms with Gasteiger partial charge in [-0.15, -0.1) is 0 Å². The second kappa shape index (κ2) is 4.77. The maximum atomic E-state index is 9.65. The molecule has 0 heterocycles. The molecular formula is C13H20O2. The van der Waals surface area contributed by atoms with Gasteiger partial charge in [0, 0.05) is 0 Å². The van der Waals surface area contributed by atoms with E-state index in [9.17, 15) is 5.11 Å². The van der Waals surface area contributed by atoms with Crippen molar-refractivity contribution in [2.24, 2.45) is 5.41 Å². The molecule has 2 nitrogen and oxygen atoms in total. The molecule has 0 unspecified atom stereocenters. The van der Waals surface area contributed by atoms with Crippen LogP contribution < -0.4 is 0 Å². The van der Waals surface area contributed by atoms with Crippen LogP contribution in [0.1, 0.15) is 25.0 Å². The lowest BCUT2D eigenvalue weighted by Crippen LogP contribution is -2.34. The van der Waals surface area contributed by atoms with Crippen LogP contribution in [-0.2, 0) is 6.42 Å². The van der Waals surface area contributed by atoms with E-state index < -0.39 is 6.10 Å². The first-order valence-electron chi connectivity index (χ1n) is 5.30. The van der Waals surface area contributed by atoms with E-state index >= 15 is 0 Å². The Bertz CT molecular complexity index is 301. The highest BCUT2D eigenvalue weighted by atomic mass is 16.3. The zero-order valence-corrected chi connectivity index (χ0v) is 9.70. The maximum Gasteiger partial charge on any atom is 0.0824 e. The Kier molecular flexibility index (Phi) is 3.89. The normalized spacial score (nSPS) is 13.9. The van der Waals surface area contributed by atoms with Crippen LogP contribution in [-0.4, -0.2) is 22.9 Å². The maximum absolute atomic E-state index is 9.65. The molecule has 1 aromatic carbocycles. The molecule has 0 spiro atoms. The Balaban J connectivity index is 2.72. The molecule has 2 N–H and O–H groups in total.